The van der Waals surface area contributed by atoms with E-state index in [1.54, 1.807) is 37.7 Å². The largest absolute Gasteiger partial charge is 0.497 e. The first-order valence-electron chi connectivity index (χ1n) is 8.04. The Kier molecular flexibility index (Phi) is 4.94. The molecular weight excluding hydrogens is 368 g/mol. The number of fused-ring (bicyclic) bond motifs is 2. The predicted molar refractivity (Wildman–Crippen MR) is 108 cm³/mol. The summed E-state index contributed by atoms with van der Waals surface area (Å²) in [4.78, 5) is 11.7. The number of hydrazine groups is 1. The smallest absolute Gasteiger partial charge is 0.131 e. The maximum atomic E-state index is 5.28. The zero-order chi connectivity index (χ0) is 17.9. The quantitative estimate of drug-likeness (QED) is 0.766. The van der Waals surface area contributed by atoms with E-state index in [1.807, 2.05) is 36.4 Å². The normalized spacial score (nSPS) is 15.2. The number of aliphatic imine (C=N–C) groups is 2. The van der Waals surface area contributed by atoms with Crippen molar-refractivity contribution in [3.8, 4) is 11.5 Å². The van der Waals surface area contributed by atoms with Crippen molar-refractivity contribution in [3.05, 3.63) is 36.4 Å². The van der Waals surface area contributed by atoms with E-state index in [-0.39, 0.29) is 0 Å². The molecule has 0 radical (unpaired) electrons. The number of hydrogen-bond acceptors (Lipinski definition) is 8. The van der Waals surface area contributed by atoms with Crippen LogP contribution >= 0.6 is 23.5 Å². The SMILES string of the molecule is COc1ccc2c(c1)N=C(NNC1=Nc3cc(OC)ccc3SC1)CS2. The predicted octanol–water partition coefficient (Wildman–Crippen LogP) is 3.77. The van der Waals surface area contributed by atoms with Crippen LogP contribution < -0.4 is 20.3 Å². The molecule has 0 saturated carbocycles. The minimum Gasteiger partial charge on any atom is -0.497 e. The summed E-state index contributed by atoms with van der Waals surface area (Å²) in [7, 11) is 3.32. The molecule has 0 bridgehead atoms. The summed E-state index contributed by atoms with van der Waals surface area (Å²) in [5.74, 6) is 4.88. The Hall–Kier alpha value is -2.32. The summed E-state index contributed by atoms with van der Waals surface area (Å²) in [5.41, 5.74) is 8.22. The number of ether oxygens (including phenoxy) is 2. The van der Waals surface area contributed by atoms with Crippen LogP contribution in [0.4, 0.5) is 11.4 Å². The molecule has 0 aromatic heterocycles. The Morgan fingerprint density at radius 2 is 1.23 bits per heavy atom. The Labute approximate surface area is 160 Å². The molecule has 2 aromatic rings. The second-order valence-corrected chi connectivity index (χ2v) is 7.65. The van der Waals surface area contributed by atoms with Gasteiger partial charge in [0.1, 0.15) is 23.2 Å². The monoisotopic (exact) mass is 386 g/mol. The highest BCUT2D eigenvalue weighted by atomic mass is 32.2. The fourth-order valence-electron chi connectivity index (χ4n) is 2.59. The number of amidine groups is 2. The standard InChI is InChI=1S/C18H18N4O2S2/c1-23-11-3-5-15-13(7-11)19-17(9-25-15)21-22-18-10-26-16-6-4-12(24-2)8-14(16)20-18/h3-8H,9-10H2,1-2H3,(H,19,21)(H,20,22). The van der Waals surface area contributed by atoms with Crippen LogP contribution in [0.2, 0.25) is 0 Å². The number of hydrogen-bond donors (Lipinski definition) is 2. The van der Waals surface area contributed by atoms with E-state index in [0.29, 0.717) is 0 Å². The molecule has 2 aliphatic heterocycles. The average Bonchev–Trinajstić information content (AvgIpc) is 2.70. The molecule has 8 heteroatoms. The topological polar surface area (TPSA) is 67.2 Å². The van der Waals surface area contributed by atoms with Gasteiger partial charge in [-0.1, -0.05) is 0 Å². The lowest BCUT2D eigenvalue weighted by molar-refractivity contribution is 0.414. The Morgan fingerprint density at radius 3 is 1.65 bits per heavy atom. The number of benzene rings is 2. The van der Waals surface area contributed by atoms with Gasteiger partial charge in [-0.3, -0.25) is 10.9 Å². The molecule has 0 spiro atoms. The van der Waals surface area contributed by atoms with Gasteiger partial charge in [0.2, 0.25) is 0 Å². The van der Waals surface area contributed by atoms with Gasteiger partial charge in [0.05, 0.1) is 37.1 Å². The van der Waals surface area contributed by atoms with Gasteiger partial charge in [-0.05, 0) is 24.3 Å². The van der Waals surface area contributed by atoms with Crippen molar-refractivity contribution in [2.24, 2.45) is 9.98 Å². The third-order valence-electron chi connectivity index (χ3n) is 3.92. The van der Waals surface area contributed by atoms with Crippen LogP contribution in [-0.2, 0) is 0 Å². The molecule has 0 saturated heterocycles. The molecule has 4 rings (SSSR count). The summed E-state index contributed by atoms with van der Waals surface area (Å²) in [6.07, 6.45) is 0. The van der Waals surface area contributed by atoms with Gasteiger partial charge in [0, 0.05) is 21.9 Å². The average molecular weight is 387 g/mol. The van der Waals surface area contributed by atoms with Crippen LogP contribution in [0.3, 0.4) is 0 Å². The van der Waals surface area contributed by atoms with E-state index < -0.39 is 0 Å². The zero-order valence-corrected chi connectivity index (χ0v) is 16.0. The Balaban J connectivity index is 1.47. The van der Waals surface area contributed by atoms with E-state index in [2.05, 4.69) is 20.8 Å². The Bertz CT molecular complexity index is 825. The second-order valence-electron chi connectivity index (χ2n) is 5.61. The van der Waals surface area contributed by atoms with Crippen molar-refractivity contribution >= 4 is 46.6 Å². The molecule has 26 heavy (non-hydrogen) atoms. The molecule has 0 fully saturated rings. The molecule has 6 nitrogen and oxygen atoms in total. The van der Waals surface area contributed by atoms with Crippen LogP contribution in [0.25, 0.3) is 0 Å². The first kappa shape index (κ1) is 17.1. The van der Waals surface area contributed by atoms with Gasteiger partial charge >= 0.3 is 0 Å². The van der Waals surface area contributed by atoms with Crippen molar-refractivity contribution in [1.82, 2.24) is 10.9 Å². The maximum Gasteiger partial charge on any atom is 0.131 e. The van der Waals surface area contributed by atoms with E-state index in [0.717, 1.165) is 55.8 Å². The summed E-state index contributed by atoms with van der Waals surface area (Å²) < 4.78 is 10.6. The lowest BCUT2D eigenvalue weighted by atomic mass is 10.3. The fraction of sp³-hybridized carbons (Fsp3) is 0.222. The van der Waals surface area contributed by atoms with Crippen molar-refractivity contribution in [2.75, 3.05) is 25.7 Å². The van der Waals surface area contributed by atoms with Crippen LogP contribution in [0.1, 0.15) is 0 Å². The van der Waals surface area contributed by atoms with E-state index >= 15 is 0 Å². The van der Waals surface area contributed by atoms with Crippen molar-refractivity contribution in [1.29, 1.82) is 0 Å². The molecule has 0 amide bonds. The number of nitrogens with one attached hydrogen (secondary N) is 2. The second kappa shape index (κ2) is 7.51. The van der Waals surface area contributed by atoms with E-state index in [4.69, 9.17) is 9.47 Å². The van der Waals surface area contributed by atoms with Crippen molar-refractivity contribution < 1.29 is 9.47 Å². The third kappa shape index (κ3) is 3.61. The van der Waals surface area contributed by atoms with Gasteiger partial charge in [-0.15, -0.1) is 23.5 Å². The number of rotatable bonds is 2. The lowest BCUT2D eigenvalue weighted by Crippen LogP contribution is -2.44. The molecule has 0 unspecified atom stereocenters. The summed E-state index contributed by atoms with van der Waals surface area (Å²) in [6, 6.07) is 11.9. The molecule has 2 N–H and O–H groups in total. The minimum absolute atomic E-state index is 0.775. The van der Waals surface area contributed by atoms with E-state index in [1.165, 1.54) is 0 Å². The molecule has 0 atom stereocenters. The highest BCUT2D eigenvalue weighted by molar-refractivity contribution is 8.00. The molecule has 2 aromatic carbocycles. The number of methoxy groups -OCH3 is 2. The van der Waals surface area contributed by atoms with Gasteiger partial charge in [0.25, 0.3) is 0 Å². The van der Waals surface area contributed by atoms with Crippen molar-refractivity contribution in [2.45, 2.75) is 9.79 Å². The Morgan fingerprint density at radius 1 is 0.769 bits per heavy atom. The number of nitrogens with zero attached hydrogens (tertiary/aromatic N) is 2. The van der Waals surface area contributed by atoms with Crippen molar-refractivity contribution in [3.63, 3.8) is 0 Å². The van der Waals surface area contributed by atoms with Crippen LogP contribution in [0.5, 0.6) is 11.5 Å². The van der Waals surface area contributed by atoms with Crippen LogP contribution in [0, 0.1) is 0 Å². The summed E-state index contributed by atoms with van der Waals surface area (Å²) in [5, 5.41) is 0. The van der Waals surface area contributed by atoms with Crippen LogP contribution in [0.15, 0.2) is 56.2 Å². The first-order valence-corrected chi connectivity index (χ1v) is 10.0. The highest BCUT2D eigenvalue weighted by Crippen LogP contribution is 2.37. The van der Waals surface area contributed by atoms with E-state index in [9.17, 15) is 0 Å². The lowest BCUT2D eigenvalue weighted by Gasteiger charge is -2.20. The summed E-state index contributed by atoms with van der Waals surface area (Å²) >= 11 is 3.49. The molecule has 2 heterocycles. The summed E-state index contributed by atoms with van der Waals surface area (Å²) in [6.45, 7) is 0. The zero-order valence-electron chi connectivity index (χ0n) is 14.4. The molecule has 2 aliphatic rings. The third-order valence-corrected chi connectivity index (χ3v) is 6.07. The maximum absolute atomic E-state index is 5.28. The number of thioether (sulfide) groups is 2. The molecule has 134 valence electrons. The van der Waals surface area contributed by atoms with Crippen LogP contribution in [-0.4, -0.2) is 37.4 Å². The minimum atomic E-state index is 0.775. The van der Waals surface area contributed by atoms with Gasteiger partial charge in [-0.25, -0.2) is 9.98 Å². The van der Waals surface area contributed by atoms with Gasteiger partial charge < -0.3 is 9.47 Å². The first-order chi connectivity index (χ1) is 12.7. The fourth-order valence-corrected chi connectivity index (χ4v) is 4.28. The van der Waals surface area contributed by atoms with Gasteiger partial charge in [0.15, 0.2) is 0 Å². The van der Waals surface area contributed by atoms with Gasteiger partial charge in [-0.2, -0.15) is 0 Å². The highest BCUT2D eigenvalue weighted by Gasteiger charge is 2.16. The molecule has 0 aliphatic carbocycles. The molecular formula is C18H18N4O2S2.